The molecule has 6 heteroatoms. The second-order valence-electron chi connectivity index (χ2n) is 4.80. The van der Waals surface area contributed by atoms with Crippen molar-refractivity contribution in [1.82, 2.24) is 8.61 Å². The average molecular weight is 248 g/mol. The molecule has 0 bridgehead atoms. The van der Waals surface area contributed by atoms with E-state index in [1.54, 1.807) is 7.05 Å². The molecule has 1 atom stereocenters. The minimum Gasteiger partial charge on any atom is -0.396 e. The summed E-state index contributed by atoms with van der Waals surface area (Å²) < 4.78 is 27.4. The third kappa shape index (κ3) is 2.40. The zero-order valence-corrected chi connectivity index (χ0v) is 10.5. The Kier molecular flexibility index (Phi) is 3.53. The molecular formula is C10H20N2O3S. The van der Waals surface area contributed by atoms with Gasteiger partial charge in [-0.2, -0.15) is 17.0 Å². The summed E-state index contributed by atoms with van der Waals surface area (Å²) in [5.41, 5.74) is 0. The van der Waals surface area contributed by atoms with E-state index in [-0.39, 0.29) is 18.6 Å². The monoisotopic (exact) mass is 248 g/mol. The first-order valence-corrected chi connectivity index (χ1v) is 7.29. The van der Waals surface area contributed by atoms with Crippen LogP contribution < -0.4 is 0 Å². The normalized spacial score (nSPS) is 28.6. The van der Waals surface area contributed by atoms with Gasteiger partial charge in [0.2, 0.25) is 0 Å². The zero-order valence-electron chi connectivity index (χ0n) is 9.67. The Hall–Kier alpha value is -0.170. The van der Waals surface area contributed by atoms with E-state index in [1.165, 1.54) is 8.61 Å². The van der Waals surface area contributed by atoms with Crippen molar-refractivity contribution in [2.45, 2.75) is 31.7 Å². The summed E-state index contributed by atoms with van der Waals surface area (Å²) in [6.45, 7) is 1.14. The number of nitrogens with zero attached hydrogens (tertiary/aromatic N) is 2. The molecule has 5 nitrogen and oxygen atoms in total. The van der Waals surface area contributed by atoms with E-state index in [2.05, 4.69) is 0 Å². The SMILES string of the molecule is CN(C1CC1)S(=O)(=O)N1CCCC(CO)C1. The fourth-order valence-electron chi connectivity index (χ4n) is 2.19. The van der Waals surface area contributed by atoms with Crippen molar-refractivity contribution in [2.24, 2.45) is 5.92 Å². The Bertz CT molecular complexity index is 340. The van der Waals surface area contributed by atoms with Crippen molar-refractivity contribution >= 4 is 10.2 Å². The van der Waals surface area contributed by atoms with Crippen molar-refractivity contribution < 1.29 is 13.5 Å². The fraction of sp³-hybridized carbons (Fsp3) is 1.00. The zero-order chi connectivity index (χ0) is 11.8. The van der Waals surface area contributed by atoms with Crippen molar-refractivity contribution in [2.75, 3.05) is 26.7 Å². The van der Waals surface area contributed by atoms with E-state index < -0.39 is 10.2 Å². The van der Waals surface area contributed by atoms with Gasteiger partial charge in [0, 0.05) is 32.8 Å². The lowest BCUT2D eigenvalue weighted by atomic mass is 10.0. The molecule has 1 saturated carbocycles. The van der Waals surface area contributed by atoms with Gasteiger partial charge in [-0.3, -0.25) is 0 Å². The molecule has 0 radical (unpaired) electrons. The van der Waals surface area contributed by atoms with Crippen LogP contribution in [-0.2, 0) is 10.2 Å². The molecule has 1 heterocycles. The predicted octanol–water partition coefficient (Wildman–Crippen LogP) is 0.0297. The molecule has 94 valence electrons. The third-order valence-corrected chi connectivity index (χ3v) is 5.50. The Labute approximate surface area is 97.2 Å². The molecule has 0 amide bonds. The summed E-state index contributed by atoms with van der Waals surface area (Å²) in [4.78, 5) is 0. The molecule has 1 aliphatic heterocycles. The first kappa shape index (κ1) is 12.3. The van der Waals surface area contributed by atoms with E-state index in [1.807, 2.05) is 0 Å². The highest BCUT2D eigenvalue weighted by Gasteiger charge is 2.39. The van der Waals surface area contributed by atoms with Gasteiger partial charge < -0.3 is 5.11 Å². The maximum absolute atomic E-state index is 12.2. The summed E-state index contributed by atoms with van der Waals surface area (Å²) in [6, 6.07) is 0.208. The van der Waals surface area contributed by atoms with Gasteiger partial charge in [-0.25, -0.2) is 0 Å². The van der Waals surface area contributed by atoms with Crippen LogP contribution in [0.25, 0.3) is 0 Å². The summed E-state index contributed by atoms with van der Waals surface area (Å²) in [7, 11) is -1.62. The maximum Gasteiger partial charge on any atom is 0.281 e. The highest BCUT2D eigenvalue weighted by molar-refractivity contribution is 7.86. The lowest BCUT2D eigenvalue weighted by molar-refractivity contribution is 0.161. The highest BCUT2D eigenvalue weighted by Crippen LogP contribution is 2.30. The first-order chi connectivity index (χ1) is 7.55. The van der Waals surface area contributed by atoms with Crippen molar-refractivity contribution in [3.8, 4) is 0 Å². The summed E-state index contributed by atoms with van der Waals surface area (Å²) in [5, 5.41) is 9.10. The van der Waals surface area contributed by atoms with Gasteiger partial charge in [0.15, 0.2) is 0 Å². The quantitative estimate of drug-likeness (QED) is 0.763. The van der Waals surface area contributed by atoms with Crippen LogP contribution in [0.4, 0.5) is 0 Å². The van der Waals surface area contributed by atoms with Gasteiger partial charge in [0.1, 0.15) is 0 Å². The largest absolute Gasteiger partial charge is 0.396 e. The third-order valence-electron chi connectivity index (χ3n) is 3.49. The van der Waals surface area contributed by atoms with Crippen molar-refractivity contribution in [1.29, 1.82) is 0 Å². The van der Waals surface area contributed by atoms with Crippen LogP contribution in [0.2, 0.25) is 0 Å². The first-order valence-electron chi connectivity index (χ1n) is 5.89. The Morgan fingerprint density at radius 2 is 2.06 bits per heavy atom. The topological polar surface area (TPSA) is 60.9 Å². The smallest absolute Gasteiger partial charge is 0.281 e. The predicted molar refractivity (Wildman–Crippen MR) is 61.1 cm³/mol. The van der Waals surface area contributed by atoms with Crippen molar-refractivity contribution in [3.63, 3.8) is 0 Å². The summed E-state index contributed by atoms with van der Waals surface area (Å²) in [6.07, 6.45) is 3.73. The molecular weight excluding hydrogens is 228 g/mol. The van der Waals surface area contributed by atoms with Crippen LogP contribution in [-0.4, -0.2) is 54.9 Å². The molecule has 1 aliphatic carbocycles. The molecule has 0 aromatic heterocycles. The molecule has 1 saturated heterocycles. The second-order valence-corrected chi connectivity index (χ2v) is 6.79. The molecule has 0 aromatic rings. The van der Waals surface area contributed by atoms with Gasteiger partial charge in [0.05, 0.1) is 0 Å². The minimum atomic E-state index is -3.29. The standard InChI is InChI=1S/C10H20N2O3S/c1-11(10-4-5-10)16(14,15)12-6-2-3-9(7-12)8-13/h9-10,13H,2-8H2,1H3. The van der Waals surface area contributed by atoms with Crippen LogP contribution in [0, 0.1) is 5.92 Å². The molecule has 2 fully saturated rings. The van der Waals surface area contributed by atoms with E-state index >= 15 is 0 Å². The number of piperidine rings is 1. The summed E-state index contributed by atoms with van der Waals surface area (Å²) in [5.74, 6) is 0.108. The van der Waals surface area contributed by atoms with Gasteiger partial charge in [-0.15, -0.1) is 0 Å². The van der Waals surface area contributed by atoms with E-state index in [0.717, 1.165) is 25.7 Å². The van der Waals surface area contributed by atoms with Gasteiger partial charge in [-0.1, -0.05) is 0 Å². The summed E-state index contributed by atoms with van der Waals surface area (Å²) >= 11 is 0. The number of hydrogen-bond acceptors (Lipinski definition) is 3. The molecule has 16 heavy (non-hydrogen) atoms. The Morgan fingerprint density at radius 3 is 2.62 bits per heavy atom. The van der Waals surface area contributed by atoms with Crippen LogP contribution in [0.5, 0.6) is 0 Å². The minimum absolute atomic E-state index is 0.0825. The lowest BCUT2D eigenvalue weighted by Gasteiger charge is -2.33. The number of rotatable bonds is 4. The molecule has 0 spiro atoms. The lowest BCUT2D eigenvalue weighted by Crippen LogP contribution is -2.47. The Morgan fingerprint density at radius 1 is 1.38 bits per heavy atom. The number of aliphatic hydroxyl groups is 1. The van der Waals surface area contributed by atoms with Gasteiger partial charge >= 0.3 is 0 Å². The van der Waals surface area contributed by atoms with Gasteiger partial charge in [0.25, 0.3) is 10.2 Å². The number of hydrogen-bond donors (Lipinski definition) is 1. The van der Waals surface area contributed by atoms with E-state index in [4.69, 9.17) is 5.11 Å². The average Bonchev–Trinajstić information content (AvgIpc) is 3.12. The number of aliphatic hydroxyl groups excluding tert-OH is 1. The van der Waals surface area contributed by atoms with Gasteiger partial charge in [-0.05, 0) is 31.6 Å². The van der Waals surface area contributed by atoms with Crippen LogP contribution >= 0.6 is 0 Å². The molecule has 0 aromatic carbocycles. The Balaban J connectivity index is 2.04. The fourth-order valence-corrected chi connectivity index (χ4v) is 3.90. The molecule has 2 aliphatic rings. The van der Waals surface area contributed by atoms with E-state index in [9.17, 15) is 8.42 Å². The van der Waals surface area contributed by atoms with Crippen LogP contribution in [0.15, 0.2) is 0 Å². The highest BCUT2D eigenvalue weighted by atomic mass is 32.2. The maximum atomic E-state index is 12.2. The second kappa shape index (κ2) is 4.60. The van der Waals surface area contributed by atoms with E-state index in [0.29, 0.717) is 13.1 Å². The molecule has 1 unspecified atom stereocenters. The van der Waals surface area contributed by atoms with Crippen LogP contribution in [0.3, 0.4) is 0 Å². The molecule has 2 rings (SSSR count). The van der Waals surface area contributed by atoms with Crippen LogP contribution in [0.1, 0.15) is 25.7 Å². The molecule has 1 N–H and O–H groups in total. The van der Waals surface area contributed by atoms with Crippen molar-refractivity contribution in [3.05, 3.63) is 0 Å².